The minimum atomic E-state index is -4.67. The van der Waals surface area contributed by atoms with Crippen LogP contribution in [-0.2, 0) is 10.4 Å². The van der Waals surface area contributed by atoms with Gasteiger partial charge in [0.05, 0.1) is 0 Å². The average Bonchev–Trinajstić information content (AvgIpc) is 1.88. The zero-order valence-electron chi connectivity index (χ0n) is 5.99. The lowest BCUT2D eigenvalue weighted by molar-refractivity contribution is 0.381. The number of hydrogen-bond acceptors (Lipinski definition) is 2. The van der Waals surface area contributed by atoms with Crippen molar-refractivity contribution in [1.29, 1.82) is 0 Å². The predicted molar refractivity (Wildman–Crippen MR) is 47.9 cm³/mol. The summed E-state index contributed by atoms with van der Waals surface area (Å²) in [5, 5.41) is 0. The summed E-state index contributed by atoms with van der Waals surface area (Å²) in [5.41, 5.74) is 0. The molecule has 0 unspecified atom stereocenters. The molecule has 6 heteroatoms. The molecule has 0 atom stereocenters. The van der Waals surface area contributed by atoms with E-state index in [9.17, 15) is 0 Å². The van der Waals surface area contributed by atoms with E-state index in [0.29, 0.717) is 0 Å². The first-order valence-corrected chi connectivity index (χ1v) is 4.10. The minimum Gasteiger partial charge on any atom is -0.264 e. The van der Waals surface area contributed by atoms with Gasteiger partial charge in [0, 0.05) is 0 Å². The van der Waals surface area contributed by atoms with Gasteiger partial charge in [0.1, 0.15) is 0 Å². The van der Waals surface area contributed by atoms with E-state index >= 15 is 0 Å². The Balaban J connectivity index is 0. The largest absolute Gasteiger partial charge is 0.394 e. The Bertz CT molecular complexity index is 236. The van der Waals surface area contributed by atoms with Crippen LogP contribution < -0.4 is 0 Å². The molecule has 0 saturated carbocycles. The average molecular weight is 213 g/mol. The van der Waals surface area contributed by atoms with Crippen molar-refractivity contribution in [2.75, 3.05) is 0 Å². The molecule has 2 N–H and O–H groups in total. The molecule has 0 saturated heterocycles. The van der Waals surface area contributed by atoms with Gasteiger partial charge in [0.25, 0.3) is 0 Å². The Morgan fingerprint density at radius 1 is 0.750 bits per heavy atom. The lowest BCUT2D eigenvalue weighted by Crippen LogP contribution is -1.89. The molecule has 1 aromatic rings. The van der Waals surface area contributed by atoms with E-state index in [1.165, 1.54) is 0 Å². The normalized spacial score (nSPS) is 8.83. The van der Waals surface area contributed by atoms with Gasteiger partial charge in [-0.05, 0) is 0 Å². The van der Waals surface area contributed by atoms with Crippen molar-refractivity contribution in [2.45, 2.75) is 0 Å². The van der Waals surface area contributed by atoms with Crippen LogP contribution >= 0.6 is 12.4 Å². The molecule has 0 aromatic heterocycles. The van der Waals surface area contributed by atoms with Gasteiger partial charge in [-0.2, -0.15) is 8.42 Å². The minimum absolute atomic E-state index is 0. The van der Waals surface area contributed by atoms with E-state index in [1.54, 1.807) is 0 Å². The van der Waals surface area contributed by atoms with Crippen LogP contribution in [0.1, 0.15) is 0 Å². The molecule has 1 aromatic carbocycles. The van der Waals surface area contributed by atoms with Crippen LogP contribution in [0.15, 0.2) is 36.4 Å². The van der Waals surface area contributed by atoms with Crippen LogP contribution in [0.2, 0.25) is 0 Å². The second-order valence-electron chi connectivity index (χ2n) is 1.60. The van der Waals surface area contributed by atoms with Crippen LogP contribution in [0.3, 0.4) is 0 Å². The highest BCUT2D eigenvalue weighted by Gasteiger charge is 1.84. The van der Waals surface area contributed by atoms with Crippen molar-refractivity contribution in [2.24, 2.45) is 0 Å². The van der Waals surface area contributed by atoms with Gasteiger partial charge in [-0.3, -0.25) is 9.11 Å². The Morgan fingerprint density at radius 3 is 0.917 bits per heavy atom. The molecule has 12 heavy (non-hydrogen) atoms. The first kappa shape index (κ1) is 13.9. The van der Waals surface area contributed by atoms with E-state index in [4.69, 9.17) is 17.5 Å². The van der Waals surface area contributed by atoms with Gasteiger partial charge in [-0.15, -0.1) is 12.4 Å². The molecule has 0 radical (unpaired) electrons. The quantitative estimate of drug-likeness (QED) is 0.639. The Morgan fingerprint density at radius 2 is 0.833 bits per heavy atom. The zero-order chi connectivity index (χ0) is 8.74. The summed E-state index contributed by atoms with van der Waals surface area (Å²) >= 11 is 0. The van der Waals surface area contributed by atoms with Crippen LogP contribution in [0.25, 0.3) is 0 Å². The summed E-state index contributed by atoms with van der Waals surface area (Å²) in [6, 6.07) is 12.0. The molecule has 4 nitrogen and oxygen atoms in total. The highest BCUT2D eigenvalue weighted by atomic mass is 35.5. The second-order valence-corrected chi connectivity index (χ2v) is 2.50. The maximum atomic E-state index is 8.74. The number of hydrogen-bond donors (Lipinski definition) is 2. The van der Waals surface area contributed by atoms with Crippen molar-refractivity contribution >= 4 is 22.8 Å². The van der Waals surface area contributed by atoms with Crippen LogP contribution in [0, 0.1) is 0 Å². The van der Waals surface area contributed by atoms with E-state index in [1.807, 2.05) is 36.4 Å². The fraction of sp³-hybridized carbons (Fsp3) is 0. The number of rotatable bonds is 0. The molecule has 0 aliphatic rings. The SMILES string of the molecule is Cl.O=S(=O)(O)O.c1ccccc1. The first-order chi connectivity index (χ1) is 5.00. The number of halogens is 1. The molecule has 0 spiro atoms. The van der Waals surface area contributed by atoms with Gasteiger partial charge in [-0.1, -0.05) is 36.4 Å². The van der Waals surface area contributed by atoms with Gasteiger partial charge in [-0.25, -0.2) is 0 Å². The summed E-state index contributed by atoms with van der Waals surface area (Å²) in [4.78, 5) is 0. The van der Waals surface area contributed by atoms with Crippen LogP contribution in [0.4, 0.5) is 0 Å². The Kier molecular flexibility index (Phi) is 8.19. The lowest BCUT2D eigenvalue weighted by atomic mass is 10.4. The fourth-order valence-electron chi connectivity index (χ4n) is 0.385. The molecular weight excluding hydrogens is 204 g/mol. The van der Waals surface area contributed by atoms with E-state index < -0.39 is 10.4 Å². The predicted octanol–water partition coefficient (Wildman–Crippen LogP) is 1.46. The fourth-order valence-corrected chi connectivity index (χ4v) is 0.385. The Hall–Kier alpha value is -0.620. The maximum absolute atomic E-state index is 8.74. The molecular formula is C6H9ClO4S. The van der Waals surface area contributed by atoms with E-state index in [0.717, 1.165) is 0 Å². The summed E-state index contributed by atoms with van der Waals surface area (Å²) in [7, 11) is -4.67. The van der Waals surface area contributed by atoms with Crippen molar-refractivity contribution in [3.05, 3.63) is 36.4 Å². The maximum Gasteiger partial charge on any atom is 0.394 e. The summed E-state index contributed by atoms with van der Waals surface area (Å²) in [6.07, 6.45) is 0. The van der Waals surface area contributed by atoms with Crippen molar-refractivity contribution in [1.82, 2.24) is 0 Å². The summed E-state index contributed by atoms with van der Waals surface area (Å²) < 4.78 is 31.6. The molecule has 70 valence electrons. The zero-order valence-corrected chi connectivity index (χ0v) is 7.62. The smallest absolute Gasteiger partial charge is 0.264 e. The van der Waals surface area contributed by atoms with Crippen molar-refractivity contribution in [3.63, 3.8) is 0 Å². The van der Waals surface area contributed by atoms with E-state index in [-0.39, 0.29) is 12.4 Å². The van der Waals surface area contributed by atoms with Crippen molar-refractivity contribution < 1.29 is 17.5 Å². The van der Waals surface area contributed by atoms with Gasteiger partial charge in [0.2, 0.25) is 0 Å². The summed E-state index contributed by atoms with van der Waals surface area (Å²) in [5.74, 6) is 0. The molecule has 0 fully saturated rings. The third-order valence-corrected chi connectivity index (χ3v) is 0.667. The third kappa shape index (κ3) is 22.8. The highest BCUT2D eigenvalue weighted by Crippen LogP contribution is 1.79. The van der Waals surface area contributed by atoms with Gasteiger partial charge < -0.3 is 0 Å². The summed E-state index contributed by atoms with van der Waals surface area (Å²) in [6.45, 7) is 0. The molecule has 1 rings (SSSR count). The topological polar surface area (TPSA) is 74.6 Å². The Labute approximate surface area is 77.2 Å². The molecule has 0 bridgehead atoms. The van der Waals surface area contributed by atoms with Crippen molar-refractivity contribution in [3.8, 4) is 0 Å². The monoisotopic (exact) mass is 212 g/mol. The number of benzene rings is 1. The van der Waals surface area contributed by atoms with E-state index in [2.05, 4.69) is 0 Å². The highest BCUT2D eigenvalue weighted by molar-refractivity contribution is 7.79. The molecule has 0 amide bonds. The molecule has 0 aliphatic carbocycles. The third-order valence-electron chi connectivity index (χ3n) is 0.667. The van der Waals surface area contributed by atoms with Crippen LogP contribution in [0.5, 0.6) is 0 Å². The standard InChI is InChI=1S/C6H6.ClH.H2O4S/c1-2-4-6-5-3-1;;1-5(2,3)4/h1-6H;1H;(H2,1,2,3,4). The molecule has 0 heterocycles. The van der Waals surface area contributed by atoms with Gasteiger partial charge >= 0.3 is 10.4 Å². The van der Waals surface area contributed by atoms with Gasteiger partial charge in [0.15, 0.2) is 0 Å². The molecule has 0 aliphatic heterocycles. The first-order valence-electron chi connectivity index (χ1n) is 2.70. The lowest BCUT2D eigenvalue weighted by Gasteiger charge is -1.69. The second kappa shape index (κ2) is 7.05. The van der Waals surface area contributed by atoms with Crippen LogP contribution in [-0.4, -0.2) is 17.5 Å².